The Labute approximate surface area is 210 Å². The smallest absolute Gasteiger partial charge is 0.256 e. The number of hydrogen-bond donors (Lipinski definition) is 2. The second kappa shape index (κ2) is 8.78. The van der Waals surface area contributed by atoms with Gasteiger partial charge in [0.05, 0.1) is 16.0 Å². The molecular formula is C25H20Cl2FN3O4. The minimum Gasteiger partial charge on any atom is -0.486 e. The number of nitrogens with one attached hydrogen (secondary N) is 2. The zero-order valence-corrected chi connectivity index (χ0v) is 19.9. The minimum absolute atomic E-state index is 0.0928. The van der Waals surface area contributed by atoms with Crippen molar-refractivity contribution in [2.45, 2.75) is 37.1 Å². The highest BCUT2D eigenvalue weighted by Crippen LogP contribution is 2.50. The van der Waals surface area contributed by atoms with Crippen LogP contribution in [0.4, 0.5) is 10.1 Å². The van der Waals surface area contributed by atoms with Gasteiger partial charge in [0.1, 0.15) is 12.4 Å². The summed E-state index contributed by atoms with van der Waals surface area (Å²) in [5.41, 5.74) is 0.358. The number of amides is 1. The van der Waals surface area contributed by atoms with Crippen molar-refractivity contribution >= 4 is 34.8 Å². The third-order valence-corrected chi connectivity index (χ3v) is 7.26. The van der Waals surface area contributed by atoms with Gasteiger partial charge in [-0.2, -0.15) is 0 Å². The number of benzene rings is 3. The summed E-state index contributed by atoms with van der Waals surface area (Å²) in [6, 6.07) is 14.4. The van der Waals surface area contributed by atoms with Gasteiger partial charge in [0, 0.05) is 27.8 Å². The van der Waals surface area contributed by atoms with E-state index < -0.39 is 40.2 Å². The predicted octanol–water partition coefficient (Wildman–Crippen LogP) is 5.28. The quantitative estimate of drug-likeness (QED) is 0.356. The first-order valence-electron chi connectivity index (χ1n) is 10.9. The lowest BCUT2D eigenvalue weighted by Gasteiger charge is -2.25. The van der Waals surface area contributed by atoms with Crippen LogP contribution >= 0.6 is 23.2 Å². The van der Waals surface area contributed by atoms with Crippen LogP contribution < -0.4 is 15.4 Å². The average molecular weight is 516 g/mol. The van der Waals surface area contributed by atoms with Gasteiger partial charge in [0.2, 0.25) is 0 Å². The molecule has 4 atom stereocenters. The number of anilines is 1. The number of nitro groups is 1. The molecule has 0 radical (unpaired) electrons. The highest BCUT2D eigenvalue weighted by atomic mass is 35.5. The second-order valence-electron chi connectivity index (χ2n) is 8.69. The number of para-hydroxylation sites is 1. The lowest BCUT2D eigenvalue weighted by molar-refractivity contribution is -0.532. The molecule has 0 saturated carbocycles. The van der Waals surface area contributed by atoms with E-state index in [9.17, 15) is 19.3 Å². The molecule has 10 heteroatoms. The molecule has 1 amide bonds. The Bertz CT molecular complexity index is 1330. The molecular weight excluding hydrogens is 496 g/mol. The molecule has 1 saturated heterocycles. The van der Waals surface area contributed by atoms with Gasteiger partial charge in [-0.15, -0.1) is 0 Å². The molecule has 7 nitrogen and oxygen atoms in total. The van der Waals surface area contributed by atoms with Crippen molar-refractivity contribution in [3.8, 4) is 5.75 Å². The summed E-state index contributed by atoms with van der Waals surface area (Å²) in [7, 11) is 0. The number of carbonyl (C=O) groups is 1. The molecule has 2 heterocycles. The Balaban J connectivity index is 1.52. The summed E-state index contributed by atoms with van der Waals surface area (Å²) in [5, 5.41) is 18.7. The summed E-state index contributed by atoms with van der Waals surface area (Å²) >= 11 is 13.0. The van der Waals surface area contributed by atoms with E-state index in [1.54, 1.807) is 61.5 Å². The molecule has 3 aromatic rings. The van der Waals surface area contributed by atoms with E-state index in [1.165, 1.54) is 6.07 Å². The van der Waals surface area contributed by atoms with E-state index in [1.807, 2.05) is 0 Å². The monoisotopic (exact) mass is 515 g/mol. The van der Waals surface area contributed by atoms with Crippen molar-refractivity contribution in [3.63, 3.8) is 0 Å². The predicted molar refractivity (Wildman–Crippen MR) is 130 cm³/mol. The first-order valence-corrected chi connectivity index (χ1v) is 11.7. The summed E-state index contributed by atoms with van der Waals surface area (Å²) < 4.78 is 19.6. The summed E-state index contributed by atoms with van der Waals surface area (Å²) in [6.07, 6.45) is 0. The first-order chi connectivity index (χ1) is 16.7. The standard InChI is InChI=1S/C25H20Cl2FN3O4/c1-13-21(23(31(33)34)25(30-13)16-7-3-5-9-20(16)29-24(25)32)15-10-17(26)22(18(27)11-15)35-12-14-6-2-4-8-19(14)28/h2-11,13,21,23,30H,12H2,1H3,(H,29,32)/t13-,21-,23-,25-/m0/s1. The molecule has 180 valence electrons. The molecule has 2 aliphatic rings. The third kappa shape index (κ3) is 3.73. The maximum absolute atomic E-state index is 14.0. The van der Waals surface area contributed by atoms with Crippen LogP contribution in [-0.2, 0) is 16.9 Å². The molecule has 0 unspecified atom stereocenters. The number of carbonyl (C=O) groups excluding carboxylic acids is 1. The van der Waals surface area contributed by atoms with Gasteiger partial charge in [-0.3, -0.25) is 20.2 Å². The van der Waals surface area contributed by atoms with Crippen molar-refractivity contribution < 1.29 is 18.8 Å². The summed E-state index contributed by atoms with van der Waals surface area (Å²) in [6.45, 7) is 1.69. The van der Waals surface area contributed by atoms with Crippen LogP contribution in [0.15, 0.2) is 60.7 Å². The van der Waals surface area contributed by atoms with Gasteiger partial charge in [0.25, 0.3) is 11.9 Å². The third-order valence-electron chi connectivity index (χ3n) is 6.70. The maximum atomic E-state index is 14.0. The molecule has 0 bridgehead atoms. The van der Waals surface area contributed by atoms with Crippen LogP contribution in [0.5, 0.6) is 5.75 Å². The Kier molecular flexibility index (Phi) is 5.91. The van der Waals surface area contributed by atoms with Gasteiger partial charge < -0.3 is 10.1 Å². The van der Waals surface area contributed by atoms with Crippen LogP contribution in [0, 0.1) is 15.9 Å². The van der Waals surface area contributed by atoms with Gasteiger partial charge in [-0.1, -0.05) is 59.6 Å². The molecule has 35 heavy (non-hydrogen) atoms. The van der Waals surface area contributed by atoms with E-state index in [0.717, 1.165) is 0 Å². The Morgan fingerprint density at radius 2 is 1.77 bits per heavy atom. The number of ether oxygens (including phenoxy) is 1. The lowest BCUT2D eigenvalue weighted by Crippen LogP contribution is -2.54. The zero-order chi connectivity index (χ0) is 24.9. The van der Waals surface area contributed by atoms with Crippen LogP contribution in [-0.4, -0.2) is 22.9 Å². The van der Waals surface area contributed by atoms with Crippen molar-refractivity contribution in [1.82, 2.24) is 5.32 Å². The lowest BCUT2D eigenvalue weighted by atomic mass is 9.78. The van der Waals surface area contributed by atoms with Crippen molar-refractivity contribution in [1.29, 1.82) is 0 Å². The van der Waals surface area contributed by atoms with E-state index in [0.29, 0.717) is 22.4 Å². The highest BCUT2D eigenvalue weighted by Gasteiger charge is 2.67. The number of nitrogens with zero attached hydrogens (tertiary/aromatic N) is 1. The summed E-state index contributed by atoms with van der Waals surface area (Å²) in [5.74, 6) is -1.47. The van der Waals surface area contributed by atoms with Crippen molar-refractivity contribution in [2.75, 3.05) is 5.32 Å². The Morgan fingerprint density at radius 1 is 1.11 bits per heavy atom. The SMILES string of the molecule is C[C@@H]1N[C@]2(C(=O)Nc3ccccc32)[C@@H]([N+](=O)[O-])[C@@H]1c1cc(Cl)c(OCc2ccccc2F)c(Cl)c1. The van der Waals surface area contributed by atoms with Crippen LogP contribution in [0.2, 0.25) is 10.0 Å². The topological polar surface area (TPSA) is 93.5 Å². The van der Waals surface area contributed by atoms with E-state index >= 15 is 0 Å². The number of rotatable bonds is 5. The van der Waals surface area contributed by atoms with E-state index in [-0.39, 0.29) is 22.4 Å². The number of fused-ring (bicyclic) bond motifs is 2. The van der Waals surface area contributed by atoms with Crippen molar-refractivity contribution in [2.24, 2.45) is 0 Å². The summed E-state index contributed by atoms with van der Waals surface area (Å²) in [4.78, 5) is 25.2. The van der Waals surface area contributed by atoms with Gasteiger partial charge >= 0.3 is 0 Å². The highest BCUT2D eigenvalue weighted by molar-refractivity contribution is 6.37. The molecule has 2 aliphatic heterocycles. The fourth-order valence-electron chi connectivity index (χ4n) is 5.23. The molecule has 0 aromatic heterocycles. The van der Waals surface area contributed by atoms with Gasteiger partial charge in [-0.25, -0.2) is 4.39 Å². The van der Waals surface area contributed by atoms with Crippen LogP contribution in [0.25, 0.3) is 0 Å². The normalized spacial score (nSPS) is 24.9. The minimum atomic E-state index is -1.54. The Hall–Kier alpha value is -3.20. The molecule has 0 aliphatic carbocycles. The molecule has 5 rings (SSSR count). The van der Waals surface area contributed by atoms with Gasteiger partial charge in [-0.05, 0) is 36.8 Å². The zero-order valence-electron chi connectivity index (χ0n) is 18.4. The number of halogens is 3. The maximum Gasteiger partial charge on any atom is 0.256 e. The van der Waals surface area contributed by atoms with E-state index in [4.69, 9.17) is 27.9 Å². The Morgan fingerprint density at radius 3 is 2.46 bits per heavy atom. The van der Waals surface area contributed by atoms with Crippen LogP contribution in [0.1, 0.15) is 29.5 Å². The molecule has 1 fully saturated rings. The van der Waals surface area contributed by atoms with Crippen LogP contribution in [0.3, 0.4) is 0 Å². The fraction of sp³-hybridized carbons (Fsp3) is 0.240. The van der Waals surface area contributed by atoms with Crippen molar-refractivity contribution in [3.05, 3.63) is 103 Å². The van der Waals surface area contributed by atoms with E-state index in [2.05, 4.69) is 10.6 Å². The average Bonchev–Trinajstić information content (AvgIpc) is 3.28. The molecule has 3 aromatic carbocycles. The number of hydrogen-bond acceptors (Lipinski definition) is 5. The fourth-order valence-corrected chi connectivity index (χ4v) is 5.84. The second-order valence-corrected chi connectivity index (χ2v) is 9.50. The largest absolute Gasteiger partial charge is 0.486 e. The first kappa shape index (κ1) is 23.5. The molecule has 1 spiro atoms. The molecule has 2 N–H and O–H groups in total. The van der Waals surface area contributed by atoms with Gasteiger partial charge in [0.15, 0.2) is 11.3 Å².